The van der Waals surface area contributed by atoms with Crippen molar-refractivity contribution < 1.29 is 4.57 Å². The van der Waals surface area contributed by atoms with Crippen LogP contribution in [0.2, 0.25) is 0 Å². The van der Waals surface area contributed by atoms with Crippen LogP contribution in [0.25, 0.3) is 11.1 Å². The Bertz CT molecular complexity index is 780. The number of hydrogen-bond donors (Lipinski definition) is 0. The molecule has 0 spiro atoms. The first kappa shape index (κ1) is 15.5. The third kappa shape index (κ3) is 3.50. The number of pyridine rings is 1. The van der Waals surface area contributed by atoms with Crippen LogP contribution >= 0.6 is 0 Å². The fourth-order valence-electron chi connectivity index (χ4n) is 3.36. The van der Waals surface area contributed by atoms with Gasteiger partial charge in [-0.3, -0.25) is 0 Å². The highest BCUT2D eigenvalue weighted by molar-refractivity contribution is 5.67. The number of hydrogen-bond acceptors (Lipinski definition) is 0. The van der Waals surface area contributed by atoms with E-state index in [2.05, 4.69) is 92.1 Å². The SMILES string of the molecule is Cc1cc(C)[n+](CCc2ccccc2-c2ccccc2)c(C)c1. The van der Waals surface area contributed by atoms with Crippen molar-refractivity contribution in [2.45, 2.75) is 33.7 Å². The highest BCUT2D eigenvalue weighted by atomic mass is 15.0. The lowest BCUT2D eigenvalue weighted by Gasteiger charge is -2.10. The largest absolute Gasteiger partial charge is 0.200 e. The van der Waals surface area contributed by atoms with Gasteiger partial charge in [0.2, 0.25) is 0 Å². The van der Waals surface area contributed by atoms with E-state index in [0.717, 1.165) is 13.0 Å². The summed E-state index contributed by atoms with van der Waals surface area (Å²) in [5.74, 6) is 0. The molecule has 0 atom stereocenters. The first-order valence-electron chi connectivity index (χ1n) is 8.26. The Labute approximate surface area is 139 Å². The van der Waals surface area contributed by atoms with E-state index in [-0.39, 0.29) is 0 Å². The Balaban J connectivity index is 1.88. The highest BCUT2D eigenvalue weighted by Crippen LogP contribution is 2.23. The van der Waals surface area contributed by atoms with Crippen molar-refractivity contribution in [2.75, 3.05) is 0 Å². The average Bonchev–Trinajstić information content (AvgIpc) is 2.55. The second-order valence-electron chi connectivity index (χ2n) is 6.24. The third-order valence-electron chi connectivity index (χ3n) is 4.43. The Morgan fingerprint density at radius 3 is 2.04 bits per heavy atom. The fourth-order valence-corrected chi connectivity index (χ4v) is 3.36. The number of benzene rings is 2. The molecule has 0 aliphatic rings. The van der Waals surface area contributed by atoms with Crippen molar-refractivity contribution >= 4 is 0 Å². The van der Waals surface area contributed by atoms with Gasteiger partial charge in [-0.2, -0.15) is 4.57 Å². The number of rotatable bonds is 4. The molecule has 0 N–H and O–H groups in total. The van der Waals surface area contributed by atoms with Crippen molar-refractivity contribution in [1.29, 1.82) is 0 Å². The quantitative estimate of drug-likeness (QED) is 0.609. The standard InChI is InChI=1S/C22H24N/c1-17-15-18(2)23(19(3)16-17)14-13-21-11-7-8-12-22(21)20-9-5-4-6-10-20/h4-12,15-16H,13-14H2,1-3H3/q+1. The van der Waals surface area contributed by atoms with E-state index in [1.807, 2.05) is 0 Å². The normalized spacial score (nSPS) is 10.7. The molecule has 0 amide bonds. The van der Waals surface area contributed by atoms with E-state index in [1.54, 1.807) is 0 Å². The number of aryl methyl sites for hydroxylation is 4. The Kier molecular flexibility index (Phi) is 4.57. The summed E-state index contributed by atoms with van der Waals surface area (Å²) in [4.78, 5) is 0. The zero-order valence-electron chi connectivity index (χ0n) is 14.2. The maximum atomic E-state index is 2.41. The molecule has 0 saturated carbocycles. The van der Waals surface area contributed by atoms with Crippen LogP contribution in [0.3, 0.4) is 0 Å². The van der Waals surface area contributed by atoms with Crippen LogP contribution < -0.4 is 4.57 Å². The van der Waals surface area contributed by atoms with Gasteiger partial charge >= 0.3 is 0 Å². The summed E-state index contributed by atoms with van der Waals surface area (Å²) in [6.45, 7) is 7.57. The molecule has 1 heterocycles. The van der Waals surface area contributed by atoms with E-state index in [0.29, 0.717) is 0 Å². The minimum Gasteiger partial charge on any atom is -0.200 e. The molecule has 3 rings (SSSR count). The van der Waals surface area contributed by atoms with E-state index in [9.17, 15) is 0 Å². The van der Waals surface area contributed by atoms with Crippen LogP contribution in [0.4, 0.5) is 0 Å². The number of aromatic nitrogens is 1. The minimum absolute atomic E-state index is 1.02. The molecule has 0 radical (unpaired) electrons. The van der Waals surface area contributed by atoms with Crippen molar-refractivity contribution in [3.8, 4) is 11.1 Å². The zero-order valence-corrected chi connectivity index (χ0v) is 14.2. The van der Waals surface area contributed by atoms with Crippen molar-refractivity contribution in [1.82, 2.24) is 0 Å². The zero-order chi connectivity index (χ0) is 16.2. The molecule has 116 valence electrons. The van der Waals surface area contributed by atoms with Gasteiger partial charge in [0.1, 0.15) is 0 Å². The van der Waals surface area contributed by atoms with Gasteiger partial charge in [-0.15, -0.1) is 0 Å². The summed E-state index contributed by atoms with van der Waals surface area (Å²) in [7, 11) is 0. The molecule has 1 aromatic heterocycles. The molecular weight excluding hydrogens is 278 g/mol. The second kappa shape index (κ2) is 6.78. The number of nitrogens with zero attached hydrogens (tertiary/aromatic N) is 1. The molecule has 0 aliphatic carbocycles. The maximum absolute atomic E-state index is 2.41. The molecule has 0 unspecified atom stereocenters. The van der Waals surface area contributed by atoms with Crippen LogP contribution in [0.5, 0.6) is 0 Å². The van der Waals surface area contributed by atoms with E-state index < -0.39 is 0 Å². The fraction of sp³-hybridized carbons (Fsp3) is 0.227. The Morgan fingerprint density at radius 2 is 1.35 bits per heavy atom. The Morgan fingerprint density at radius 1 is 0.739 bits per heavy atom. The summed E-state index contributed by atoms with van der Waals surface area (Å²) in [5.41, 5.74) is 8.05. The second-order valence-corrected chi connectivity index (χ2v) is 6.24. The molecule has 0 fully saturated rings. The van der Waals surface area contributed by atoms with Crippen LogP contribution in [0.1, 0.15) is 22.5 Å². The molecule has 1 heteroatoms. The molecule has 0 saturated heterocycles. The van der Waals surface area contributed by atoms with E-state index in [1.165, 1.54) is 33.6 Å². The van der Waals surface area contributed by atoms with Crippen molar-refractivity contribution in [2.24, 2.45) is 0 Å². The van der Waals surface area contributed by atoms with Gasteiger partial charge in [0.15, 0.2) is 17.9 Å². The lowest BCUT2D eigenvalue weighted by atomic mass is 9.97. The van der Waals surface area contributed by atoms with Crippen LogP contribution in [0, 0.1) is 20.8 Å². The van der Waals surface area contributed by atoms with Gasteiger partial charge in [0.05, 0.1) is 0 Å². The predicted molar refractivity (Wildman–Crippen MR) is 96.4 cm³/mol. The van der Waals surface area contributed by atoms with Gasteiger partial charge in [-0.1, -0.05) is 54.6 Å². The maximum Gasteiger partial charge on any atom is 0.178 e. The molecule has 23 heavy (non-hydrogen) atoms. The molecular formula is C22H24N+. The lowest BCUT2D eigenvalue weighted by molar-refractivity contribution is -0.708. The van der Waals surface area contributed by atoms with Gasteiger partial charge < -0.3 is 0 Å². The molecule has 1 nitrogen and oxygen atoms in total. The van der Waals surface area contributed by atoms with E-state index >= 15 is 0 Å². The third-order valence-corrected chi connectivity index (χ3v) is 4.43. The van der Waals surface area contributed by atoms with Crippen LogP contribution in [-0.4, -0.2) is 0 Å². The molecule has 0 bridgehead atoms. The monoisotopic (exact) mass is 302 g/mol. The van der Waals surface area contributed by atoms with Gasteiger partial charge in [-0.25, -0.2) is 0 Å². The van der Waals surface area contributed by atoms with Crippen LogP contribution in [-0.2, 0) is 13.0 Å². The lowest BCUT2D eigenvalue weighted by Crippen LogP contribution is -2.41. The van der Waals surface area contributed by atoms with Gasteiger partial charge in [-0.05, 0) is 29.2 Å². The summed E-state index contributed by atoms with van der Waals surface area (Å²) in [5, 5.41) is 0. The predicted octanol–water partition coefficient (Wildman–Crippen LogP) is 4.81. The summed E-state index contributed by atoms with van der Waals surface area (Å²) >= 11 is 0. The summed E-state index contributed by atoms with van der Waals surface area (Å²) in [6, 6.07) is 23.9. The van der Waals surface area contributed by atoms with Gasteiger partial charge in [0, 0.05) is 32.4 Å². The summed E-state index contributed by atoms with van der Waals surface area (Å²) < 4.78 is 2.41. The van der Waals surface area contributed by atoms with Gasteiger partial charge in [0.25, 0.3) is 0 Å². The molecule has 0 aliphatic heterocycles. The first-order valence-corrected chi connectivity index (χ1v) is 8.26. The minimum atomic E-state index is 1.02. The van der Waals surface area contributed by atoms with Crippen LogP contribution in [0.15, 0.2) is 66.7 Å². The molecule has 2 aromatic carbocycles. The smallest absolute Gasteiger partial charge is 0.178 e. The Hall–Kier alpha value is -2.41. The molecule has 3 aromatic rings. The summed E-state index contributed by atoms with van der Waals surface area (Å²) in [6.07, 6.45) is 1.04. The topological polar surface area (TPSA) is 3.88 Å². The first-order chi connectivity index (χ1) is 11.1. The highest BCUT2D eigenvalue weighted by Gasteiger charge is 2.13. The average molecular weight is 302 g/mol. The van der Waals surface area contributed by atoms with E-state index in [4.69, 9.17) is 0 Å². The van der Waals surface area contributed by atoms with Crippen molar-refractivity contribution in [3.05, 3.63) is 89.2 Å². The van der Waals surface area contributed by atoms with Crippen molar-refractivity contribution in [3.63, 3.8) is 0 Å².